The number of benzene rings is 2. The van der Waals surface area contributed by atoms with E-state index in [1.165, 1.54) is 12.1 Å². The Labute approximate surface area is 168 Å². The maximum atomic E-state index is 13.1. The molecule has 1 aliphatic rings. The van der Waals surface area contributed by atoms with E-state index in [0.717, 1.165) is 18.4 Å². The summed E-state index contributed by atoms with van der Waals surface area (Å²) in [6, 6.07) is 17.2. The van der Waals surface area contributed by atoms with Crippen LogP contribution in [0.3, 0.4) is 0 Å². The zero-order chi connectivity index (χ0) is 20.2. The van der Waals surface area contributed by atoms with Crippen LogP contribution in [-0.2, 0) is 13.2 Å². The SMILES string of the molecule is COc1ccccc1OCc1ccc(C(=O)N(Cc2ccc(F)cc2)C2CC2)o1. The summed E-state index contributed by atoms with van der Waals surface area (Å²) in [5.41, 5.74) is 0.887. The Morgan fingerprint density at radius 2 is 1.79 bits per heavy atom. The van der Waals surface area contributed by atoms with Crippen LogP contribution in [0.5, 0.6) is 11.5 Å². The quantitative estimate of drug-likeness (QED) is 0.549. The second-order valence-corrected chi connectivity index (χ2v) is 7.00. The lowest BCUT2D eigenvalue weighted by molar-refractivity contribution is 0.0693. The molecule has 0 N–H and O–H groups in total. The van der Waals surface area contributed by atoms with Crippen LogP contribution < -0.4 is 9.47 Å². The molecule has 1 saturated carbocycles. The molecule has 1 heterocycles. The van der Waals surface area contributed by atoms with E-state index in [1.54, 1.807) is 36.3 Å². The van der Waals surface area contributed by atoms with E-state index in [0.29, 0.717) is 23.8 Å². The molecule has 1 fully saturated rings. The van der Waals surface area contributed by atoms with Crippen LogP contribution >= 0.6 is 0 Å². The fourth-order valence-corrected chi connectivity index (χ4v) is 3.14. The van der Waals surface area contributed by atoms with Gasteiger partial charge in [0, 0.05) is 12.6 Å². The average Bonchev–Trinajstić information content (AvgIpc) is 3.48. The predicted molar refractivity (Wildman–Crippen MR) is 105 cm³/mol. The molecule has 150 valence electrons. The number of hydrogen-bond acceptors (Lipinski definition) is 4. The lowest BCUT2D eigenvalue weighted by Crippen LogP contribution is -2.32. The molecule has 0 aliphatic heterocycles. The summed E-state index contributed by atoms with van der Waals surface area (Å²) < 4.78 is 29.9. The smallest absolute Gasteiger partial charge is 0.290 e. The van der Waals surface area contributed by atoms with E-state index in [2.05, 4.69) is 0 Å². The third-order valence-electron chi connectivity index (χ3n) is 4.83. The molecule has 0 radical (unpaired) electrons. The second kappa shape index (κ2) is 8.39. The largest absolute Gasteiger partial charge is 0.493 e. The van der Waals surface area contributed by atoms with Crippen molar-refractivity contribution < 1.29 is 23.1 Å². The molecule has 1 aromatic heterocycles. The fraction of sp³-hybridized carbons (Fsp3) is 0.261. The highest BCUT2D eigenvalue weighted by molar-refractivity contribution is 5.92. The zero-order valence-corrected chi connectivity index (χ0v) is 16.1. The Bertz CT molecular complexity index is 979. The molecule has 0 saturated heterocycles. The third-order valence-corrected chi connectivity index (χ3v) is 4.83. The van der Waals surface area contributed by atoms with Crippen molar-refractivity contribution in [3.63, 3.8) is 0 Å². The minimum absolute atomic E-state index is 0.166. The Morgan fingerprint density at radius 1 is 1.07 bits per heavy atom. The average molecular weight is 395 g/mol. The van der Waals surface area contributed by atoms with Crippen LogP contribution in [0.2, 0.25) is 0 Å². The Morgan fingerprint density at radius 3 is 2.48 bits per heavy atom. The molecule has 4 rings (SSSR count). The maximum absolute atomic E-state index is 13.1. The second-order valence-electron chi connectivity index (χ2n) is 7.00. The summed E-state index contributed by atoms with van der Waals surface area (Å²) in [5.74, 6) is 1.61. The van der Waals surface area contributed by atoms with Crippen molar-refractivity contribution in [1.29, 1.82) is 0 Å². The van der Waals surface area contributed by atoms with Gasteiger partial charge in [-0.15, -0.1) is 0 Å². The number of halogens is 1. The number of hydrogen-bond donors (Lipinski definition) is 0. The first kappa shape index (κ1) is 19.1. The number of amides is 1. The molecular weight excluding hydrogens is 373 g/mol. The first-order valence-corrected chi connectivity index (χ1v) is 9.54. The van der Waals surface area contributed by atoms with Gasteiger partial charge in [-0.3, -0.25) is 4.79 Å². The lowest BCUT2D eigenvalue weighted by atomic mass is 10.2. The van der Waals surface area contributed by atoms with Crippen LogP contribution in [0.15, 0.2) is 65.1 Å². The summed E-state index contributed by atoms with van der Waals surface area (Å²) >= 11 is 0. The molecule has 5 nitrogen and oxygen atoms in total. The van der Waals surface area contributed by atoms with E-state index in [9.17, 15) is 9.18 Å². The van der Waals surface area contributed by atoms with Crippen LogP contribution in [0, 0.1) is 5.82 Å². The number of para-hydroxylation sites is 2. The lowest BCUT2D eigenvalue weighted by Gasteiger charge is -2.21. The molecule has 0 unspecified atom stereocenters. The number of furan rings is 1. The first-order chi connectivity index (χ1) is 14.1. The molecule has 0 bridgehead atoms. The van der Waals surface area contributed by atoms with Gasteiger partial charge in [-0.2, -0.15) is 0 Å². The van der Waals surface area contributed by atoms with E-state index < -0.39 is 0 Å². The van der Waals surface area contributed by atoms with Gasteiger partial charge in [0.1, 0.15) is 18.2 Å². The summed E-state index contributed by atoms with van der Waals surface area (Å²) in [7, 11) is 1.58. The predicted octanol–water partition coefficient (Wildman–Crippen LogP) is 4.81. The van der Waals surface area contributed by atoms with E-state index in [4.69, 9.17) is 13.9 Å². The van der Waals surface area contributed by atoms with Gasteiger partial charge in [0.2, 0.25) is 0 Å². The molecule has 2 aromatic carbocycles. The number of rotatable bonds is 8. The van der Waals surface area contributed by atoms with Crippen molar-refractivity contribution in [2.45, 2.75) is 32.0 Å². The molecule has 0 atom stereocenters. The zero-order valence-electron chi connectivity index (χ0n) is 16.1. The van der Waals surface area contributed by atoms with Gasteiger partial charge in [-0.25, -0.2) is 4.39 Å². The fourth-order valence-electron chi connectivity index (χ4n) is 3.14. The number of nitrogens with zero attached hydrogens (tertiary/aromatic N) is 1. The summed E-state index contributed by atoms with van der Waals surface area (Å²) in [4.78, 5) is 14.8. The molecule has 6 heteroatoms. The van der Waals surface area contributed by atoms with Gasteiger partial charge in [-0.1, -0.05) is 24.3 Å². The Balaban J connectivity index is 1.43. The number of carbonyl (C=O) groups is 1. The summed E-state index contributed by atoms with van der Waals surface area (Å²) in [5, 5.41) is 0. The van der Waals surface area contributed by atoms with Crippen LogP contribution in [0.4, 0.5) is 4.39 Å². The maximum Gasteiger partial charge on any atom is 0.290 e. The molecule has 1 amide bonds. The van der Waals surface area contributed by atoms with Crippen molar-refractivity contribution in [3.05, 3.63) is 83.6 Å². The van der Waals surface area contributed by atoms with Crippen molar-refractivity contribution >= 4 is 5.91 Å². The van der Waals surface area contributed by atoms with Gasteiger partial charge in [0.05, 0.1) is 7.11 Å². The third kappa shape index (κ3) is 4.59. The summed E-state index contributed by atoms with van der Waals surface area (Å²) in [6.45, 7) is 0.618. The highest BCUT2D eigenvalue weighted by Crippen LogP contribution is 2.31. The Kier molecular flexibility index (Phi) is 5.51. The topological polar surface area (TPSA) is 51.9 Å². The number of methoxy groups -OCH3 is 1. The Hall–Kier alpha value is -3.28. The minimum atomic E-state index is -0.288. The molecule has 29 heavy (non-hydrogen) atoms. The van der Waals surface area contributed by atoms with E-state index >= 15 is 0 Å². The molecular formula is C23H22FNO4. The minimum Gasteiger partial charge on any atom is -0.493 e. The van der Waals surface area contributed by atoms with Crippen LogP contribution in [0.25, 0.3) is 0 Å². The molecule has 1 aliphatic carbocycles. The molecule has 0 spiro atoms. The van der Waals surface area contributed by atoms with Crippen molar-refractivity contribution in [1.82, 2.24) is 4.90 Å². The number of ether oxygens (including phenoxy) is 2. The standard InChI is InChI=1S/C23H22FNO4/c1-27-20-4-2-3-5-21(20)28-15-19-12-13-22(29-19)23(26)25(18-10-11-18)14-16-6-8-17(24)9-7-16/h2-9,12-13,18H,10-11,14-15H2,1H3. The molecule has 3 aromatic rings. The van der Waals surface area contributed by atoms with Crippen LogP contribution in [-0.4, -0.2) is 24.0 Å². The van der Waals surface area contributed by atoms with Crippen molar-refractivity contribution in [3.8, 4) is 11.5 Å². The first-order valence-electron chi connectivity index (χ1n) is 9.54. The highest BCUT2D eigenvalue weighted by Gasteiger charge is 2.34. The van der Waals surface area contributed by atoms with Gasteiger partial charge >= 0.3 is 0 Å². The van der Waals surface area contributed by atoms with Gasteiger partial charge in [0.15, 0.2) is 17.3 Å². The highest BCUT2D eigenvalue weighted by atomic mass is 19.1. The normalized spacial score (nSPS) is 13.2. The van der Waals surface area contributed by atoms with E-state index in [-0.39, 0.29) is 30.1 Å². The van der Waals surface area contributed by atoms with Gasteiger partial charge in [-0.05, 0) is 54.8 Å². The van der Waals surface area contributed by atoms with Crippen molar-refractivity contribution in [2.75, 3.05) is 7.11 Å². The number of carbonyl (C=O) groups excluding carboxylic acids is 1. The van der Waals surface area contributed by atoms with E-state index in [1.807, 2.05) is 24.3 Å². The van der Waals surface area contributed by atoms with Gasteiger partial charge in [0.25, 0.3) is 5.91 Å². The van der Waals surface area contributed by atoms with Crippen molar-refractivity contribution in [2.24, 2.45) is 0 Å². The summed E-state index contributed by atoms with van der Waals surface area (Å²) in [6.07, 6.45) is 1.94. The monoisotopic (exact) mass is 395 g/mol. The van der Waals surface area contributed by atoms with Crippen LogP contribution in [0.1, 0.15) is 34.7 Å². The van der Waals surface area contributed by atoms with Gasteiger partial charge < -0.3 is 18.8 Å².